The first-order valence-corrected chi connectivity index (χ1v) is 9.90. The van der Waals surface area contributed by atoms with E-state index in [1.807, 2.05) is 30.5 Å². The third-order valence-corrected chi connectivity index (χ3v) is 5.16. The maximum Gasteiger partial charge on any atom is 0.189 e. The van der Waals surface area contributed by atoms with Crippen molar-refractivity contribution in [2.45, 2.75) is 26.4 Å². The summed E-state index contributed by atoms with van der Waals surface area (Å²) in [5, 5.41) is 3.20. The van der Waals surface area contributed by atoms with E-state index in [4.69, 9.17) is 9.47 Å². The van der Waals surface area contributed by atoms with Gasteiger partial charge in [-0.25, -0.2) is 4.98 Å². The lowest BCUT2D eigenvalue weighted by Crippen LogP contribution is -2.42. The molecule has 150 valence electrons. The van der Waals surface area contributed by atoms with Gasteiger partial charge in [-0.1, -0.05) is 30.3 Å². The molecule has 0 aliphatic carbocycles. The van der Waals surface area contributed by atoms with Crippen molar-refractivity contribution in [3.8, 4) is 11.5 Å². The summed E-state index contributed by atoms with van der Waals surface area (Å²) in [6.07, 6.45) is 4.50. The average molecular weight is 390 g/mol. The van der Waals surface area contributed by atoms with Crippen molar-refractivity contribution in [1.82, 2.24) is 15.3 Å². The van der Waals surface area contributed by atoms with Gasteiger partial charge in [0.1, 0.15) is 12.4 Å². The molecule has 0 spiro atoms. The molecule has 0 saturated carbocycles. The van der Waals surface area contributed by atoms with Crippen LogP contribution < -0.4 is 14.8 Å². The Hall–Kier alpha value is -3.28. The zero-order valence-corrected chi connectivity index (χ0v) is 16.8. The van der Waals surface area contributed by atoms with E-state index in [0.29, 0.717) is 6.61 Å². The van der Waals surface area contributed by atoms with E-state index in [0.717, 1.165) is 42.5 Å². The second-order valence-corrected chi connectivity index (χ2v) is 7.15. The SMILES string of the molecule is Cc1cccc(Cc2c[nH]cn2)c1C.c1ccc2c(c1)OCC(C1=NCCN1)O2. The van der Waals surface area contributed by atoms with Crippen molar-refractivity contribution < 1.29 is 9.47 Å². The normalized spacial score (nSPS) is 17.0. The van der Waals surface area contributed by atoms with Crippen molar-refractivity contribution >= 4 is 5.84 Å². The Balaban J connectivity index is 0.000000142. The minimum Gasteiger partial charge on any atom is -0.485 e. The molecule has 0 fully saturated rings. The van der Waals surface area contributed by atoms with Crippen LogP contribution in [0.2, 0.25) is 0 Å². The highest BCUT2D eigenvalue weighted by molar-refractivity contribution is 5.88. The monoisotopic (exact) mass is 390 g/mol. The Labute approximate surface area is 171 Å². The van der Waals surface area contributed by atoms with Crippen LogP contribution in [-0.4, -0.2) is 41.6 Å². The van der Waals surface area contributed by atoms with Crippen LogP contribution in [0.15, 0.2) is 60.0 Å². The number of H-pyrrole nitrogens is 1. The van der Waals surface area contributed by atoms with Crippen molar-refractivity contribution in [1.29, 1.82) is 0 Å². The van der Waals surface area contributed by atoms with E-state index >= 15 is 0 Å². The number of fused-ring (bicyclic) bond motifs is 1. The van der Waals surface area contributed by atoms with Crippen LogP contribution in [-0.2, 0) is 6.42 Å². The van der Waals surface area contributed by atoms with Gasteiger partial charge in [-0.2, -0.15) is 0 Å². The molecular weight excluding hydrogens is 364 g/mol. The molecule has 0 bridgehead atoms. The molecule has 2 aliphatic rings. The summed E-state index contributed by atoms with van der Waals surface area (Å²) >= 11 is 0. The minimum atomic E-state index is -0.0811. The molecular formula is C23H26N4O2. The highest BCUT2D eigenvalue weighted by Gasteiger charge is 2.26. The number of aliphatic imine (C=N–C) groups is 1. The van der Waals surface area contributed by atoms with E-state index in [1.165, 1.54) is 16.7 Å². The first-order chi connectivity index (χ1) is 14.2. The molecule has 1 aromatic heterocycles. The highest BCUT2D eigenvalue weighted by atomic mass is 16.6. The molecule has 29 heavy (non-hydrogen) atoms. The number of aromatic nitrogens is 2. The van der Waals surface area contributed by atoms with Crippen LogP contribution in [0.25, 0.3) is 0 Å². The van der Waals surface area contributed by atoms with E-state index in [-0.39, 0.29) is 6.10 Å². The molecule has 1 atom stereocenters. The number of hydrogen-bond donors (Lipinski definition) is 2. The number of rotatable bonds is 3. The van der Waals surface area contributed by atoms with E-state index < -0.39 is 0 Å². The van der Waals surface area contributed by atoms with Crippen molar-refractivity contribution in [2.24, 2.45) is 4.99 Å². The standard InChI is InChI=1S/C12H14N2.C11H12N2O2/c1-9-4-3-5-11(10(9)2)6-12-7-13-8-14-12;1-2-4-9-8(3-1)14-7-10(15-9)11-12-5-6-13-11/h3-5,7-8H,6H2,1-2H3,(H,13,14);1-4,10H,5-7H2,(H,12,13). The number of benzene rings is 2. The predicted molar refractivity (Wildman–Crippen MR) is 114 cm³/mol. The fourth-order valence-electron chi connectivity index (χ4n) is 3.37. The summed E-state index contributed by atoms with van der Waals surface area (Å²) in [5.41, 5.74) is 5.17. The van der Waals surface area contributed by atoms with Crippen molar-refractivity contribution in [3.63, 3.8) is 0 Å². The van der Waals surface area contributed by atoms with Gasteiger partial charge in [0.15, 0.2) is 17.6 Å². The van der Waals surface area contributed by atoms with Crippen LogP contribution in [0.4, 0.5) is 0 Å². The third-order valence-electron chi connectivity index (χ3n) is 5.16. The molecule has 3 aromatic rings. The molecule has 2 N–H and O–H groups in total. The van der Waals surface area contributed by atoms with Gasteiger partial charge in [-0.15, -0.1) is 0 Å². The van der Waals surface area contributed by atoms with Gasteiger partial charge in [0.2, 0.25) is 0 Å². The number of nitrogens with one attached hydrogen (secondary N) is 2. The first-order valence-electron chi connectivity index (χ1n) is 9.90. The molecule has 3 heterocycles. The Kier molecular flexibility index (Phi) is 5.79. The van der Waals surface area contributed by atoms with Crippen molar-refractivity contribution in [2.75, 3.05) is 19.7 Å². The van der Waals surface area contributed by atoms with Crippen LogP contribution >= 0.6 is 0 Å². The van der Waals surface area contributed by atoms with Crippen LogP contribution in [0.5, 0.6) is 11.5 Å². The van der Waals surface area contributed by atoms with Crippen molar-refractivity contribution in [3.05, 3.63) is 77.4 Å². The fraction of sp³-hybridized carbons (Fsp3) is 0.304. The molecule has 6 nitrogen and oxygen atoms in total. The lowest BCUT2D eigenvalue weighted by molar-refractivity contribution is 0.133. The van der Waals surface area contributed by atoms with Gasteiger partial charge in [0.25, 0.3) is 0 Å². The Morgan fingerprint density at radius 3 is 2.69 bits per heavy atom. The van der Waals surface area contributed by atoms with Crippen LogP contribution in [0, 0.1) is 13.8 Å². The Morgan fingerprint density at radius 1 is 1.07 bits per heavy atom. The molecule has 2 aliphatic heterocycles. The van der Waals surface area contributed by atoms with Crippen LogP contribution in [0.3, 0.4) is 0 Å². The van der Waals surface area contributed by atoms with Gasteiger partial charge in [-0.05, 0) is 42.7 Å². The highest BCUT2D eigenvalue weighted by Crippen LogP contribution is 2.31. The van der Waals surface area contributed by atoms with E-state index in [9.17, 15) is 0 Å². The fourth-order valence-corrected chi connectivity index (χ4v) is 3.37. The molecule has 0 radical (unpaired) electrons. The predicted octanol–water partition coefficient (Wildman–Crippen LogP) is 3.45. The molecule has 0 saturated heterocycles. The molecule has 5 rings (SSSR count). The van der Waals surface area contributed by atoms with Gasteiger partial charge >= 0.3 is 0 Å². The summed E-state index contributed by atoms with van der Waals surface area (Å²) in [6, 6.07) is 14.1. The zero-order chi connectivity index (χ0) is 20.1. The molecule has 6 heteroatoms. The summed E-state index contributed by atoms with van der Waals surface area (Å²) in [7, 11) is 0. The summed E-state index contributed by atoms with van der Waals surface area (Å²) < 4.78 is 11.4. The number of para-hydroxylation sites is 2. The number of aromatic amines is 1. The average Bonchev–Trinajstić information content (AvgIpc) is 3.46. The summed E-state index contributed by atoms with van der Waals surface area (Å²) in [5.74, 6) is 2.52. The van der Waals surface area contributed by atoms with Crippen LogP contribution in [0.1, 0.15) is 22.4 Å². The first kappa shape index (κ1) is 19.1. The van der Waals surface area contributed by atoms with Gasteiger partial charge in [0.05, 0.1) is 18.6 Å². The van der Waals surface area contributed by atoms with Gasteiger partial charge < -0.3 is 19.8 Å². The molecule has 1 unspecified atom stereocenters. The lowest BCUT2D eigenvalue weighted by atomic mass is 10.0. The minimum absolute atomic E-state index is 0.0811. The van der Waals surface area contributed by atoms with Gasteiger partial charge in [-0.3, -0.25) is 4.99 Å². The second-order valence-electron chi connectivity index (χ2n) is 7.15. The zero-order valence-electron chi connectivity index (χ0n) is 16.8. The van der Waals surface area contributed by atoms with E-state index in [2.05, 4.69) is 52.3 Å². The largest absolute Gasteiger partial charge is 0.485 e. The quantitative estimate of drug-likeness (QED) is 0.719. The summed E-state index contributed by atoms with van der Waals surface area (Å²) in [4.78, 5) is 11.5. The Bertz CT molecular complexity index is 982. The molecule has 2 aromatic carbocycles. The van der Waals surface area contributed by atoms with E-state index in [1.54, 1.807) is 6.33 Å². The topological polar surface area (TPSA) is 71.5 Å². The summed E-state index contributed by atoms with van der Waals surface area (Å²) in [6.45, 7) is 6.57. The number of amidine groups is 1. The third kappa shape index (κ3) is 4.59. The Morgan fingerprint density at radius 2 is 1.93 bits per heavy atom. The maximum atomic E-state index is 5.80. The second kappa shape index (κ2) is 8.82. The smallest absolute Gasteiger partial charge is 0.189 e. The lowest BCUT2D eigenvalue weighted by Gasteiger charge is -2.26. The number of nitrogens with zero attached hydrogens (tertiary/aromatic N) is 2. The van der Waals surface area contributed by atoms with Gasteiger partial charge in [0, 0.05) is 19.2 Å². The maximum absolute atomic E-state index is 5.80. The number of ether oxygens (including phenoxy) is 2. The number of hydrogen-bond acceptors (Lipinski definition) is 5. The molecule has 0 amide bonds. The number of imidazole rings is 1. The number of aryl methyl sites for hydroxylation is 1.